The van der Waals surface area contributed by atoms with Gasteiger partial charge in [0.25, 0.3) is 0 Å². The van der Waals surface area contributed by atoms with E-state index in [4.69, 9.17) is 14.7 Å². The van der Waals surface area contributed by atoms with Gasteiger partial charge >= 0.3 is 11.9 Å². The molecular weight excluding hydrogens is 500 g/mol. The molecule has 3 aromatic rings. The number of carbonyl (C=O) groups is 2. The van der Waals surface area contributed by atoms with E-state index in [1.165, 1.54) is 31.2 Å². The molecule has 0 amide bonds. The van der Waals surface area contributed by atoms with E-state index in [0.717, 1.165) is 17.2 Å². The van der Waals surface area contributed by atoms with Crippen LogP contribution in [-0.2, 0) is 9.59 Å². The number of halogens is 2. The maximum absolute atomic E-state index is 14.4. The highest BCUT2D eigenvalue weighted by Crippen LogP contribution is 2.25. The number of carbonyl (C=O) groups excluding carboxylic acids is 2. The van der Waals surface area contributed by atoms with Gasteiger partial charge in [0.2, 0.25) is 0 Å². The Kier molecular flexibility index (Phi) is 10.7. The average Bonchev–Trinajstić information content (AvgIpc) is 2.92. The lowest BCUT2D eigenvalue weighted by Crippen LogP contribution is -2.09. The second-order valence-electron chi connectivity index (χ2n) is 8.97. The van der Waals surface area contributed by atoms with Crippen molar-refractivity contribution in [2.45, 2.75) is 46.0 Å². The number of nitrogens with zero attached hydrogens (tertiary/aromatic N) is 1. The van der Waals surface area contributed by atoms with E-state index in [1.54, 1.807) is 31.2 Å². The van der Waals surface area contributed by atoms with Crippen LogP contribution in [0.1, 0.15) is 57.1 Å². The Morgan fingerprint density at radius 2 is 1.33 bits per heavy atom. The molecule has 0 atom stereocenters. The lowest BCUT2D eigenvalue weighted by atomic mass is 10.0. The fraction of sp³-hybridized carbons (Fsp3) is 0.219. The van der Waals surface area contributed by atoms with Gasteiger partial charge in [0.15, 0.2) is 0 Å². The maximum atomic E-state index is 14.4. The molecule has 0 saturated heterocycles. The largest absolute Gasteiger partial charge is 0.427 e. The van der Waals surface area contributed by atoms with Crippen LogP contribution in [0.5, 0.6) is 11.5 Å². The number of esters is 2. The van der Waals surface area contributed by atoms with Crippen molar-refractivity contribution in [3.8, 4) is 28.7 Å². The van der Waals surface area contributed by atoms with Crippen LogP contribution in [0.4, 0.5) is 8.78 Å². The summed E-state index contributed by atoms with van der Waals surface area (Å²) < 4.78 is 37.9. The first-order valence-electron chi connectivity index (χ1n) is 12.6. The third kappa shape index (κ3) is 9.35. The summed E-state index contributed by atoms with van der Waals surface area (Å²) in [7, 11) is 0. The molecule has 0 radical (unpaired) electrons. The first kappa shape index (κ1) is 29.0. The van der Waals surface area contributed by atoms with E-state index in [9.17, 15) is 18.4 Å². The van der Waals surface area contributed by atoms with Crippen LogP contribution in [-0.4, -0.2) is 11.9 Å². The Bertz CT molecular complexity index is 1400. The summed E-state index contributed by atoms with van der Waals surface area (Å²) in [6.07, 6.45) is 4.77. The van der Waals surface area contributed by atoms with Crippen molar-refractivity contribution >= 4 is 17.5 Å². The van der Waals surface area contributed by atoms with Gasteiger partial charge in [-0.3, -0.25) is 9.59 Å². The Labute approximate surface area is 227 Å². The van der Waals surface area contributed by atoms with Crippen molar-refractivity contribution in [2.24, 2.45) is 0 Å². The summed E-state index contributed by atoms with van der Waals surface area (Å²) in [5.41, 5.74) is 3.32. The molecule has 0 aromatic heterocycles. The molecule has 3 rings (SSSR count). The minimum atomic E-state index is -0.568. The second-order valence-corrected chi connectivity index (χ2v) is 8.97. The number of ether oxygens (including phenoxy) is 2. The molecule has 0 bridgehead atoms. The van der Waals surface area contributed by atoms with Crippen molar-refractivity contribution < 1.29 is 27.8 Å². The molecule has 0 fully saturated rings. The zero-order valence-corrected chi connectivity index (χ0v) is 21.9. The normalized spacial score (nSPS) is 11.6. The van der Waals surface area contributed by atoms with Gasteiger partial charge in [-0.15, -0.1) is 0 Å². The number of benzene rings is 3. The first-order chi connectivity index (χ1) is 18.7. The topological polar surface area (TPSA) is 76.4 Å². The summed E-state index contributed by atoms with van der Waals surface area (Å²) in [5.74, 6) is -1.26. The molecule has 3 aromatic carbocycles. The second kappa shape index (κ2) is 14.4. The van der Waals surface area contributed by atoms with Gasteiger partial charge in [-0.2, -0.15) is 5.26 Å². The van der Waals surface area contributed by atoms with E-state index >= 15 is 0 Å². The Morgan fingerprint density at radius 3 is 1.87 bits per heavy atom. The Hall–Kier alpha value is -4.57. The van der Waals surface area contributed by atoms with Crippen molar-refractivity contribution in [3.05, 3.63) is 102 Å². The minimum Gasteiger partial charge on any atom is -0.427 e. The van der Waals surface area contributed by atoms with Gasteiger partial charge in [0, 0.05) is 24.5 Å². The lowest BCUT2D eigenvalue weighted by molar-refractivity contribution is -0.134. The number of hydrogen-bond acceptors (Lipinski definition) is 5. The maximum Gasteiger partial charge on any atom is 0.311 e. The molecule has 0 heterocycles. The lowest BCUT2D eigenvalue weighted by Gasteiger charge is -2.08. The van der Waals surface area contributed by atoms with Crippen molar-refractivity contribution in [1.82, 2.24) is 0 Å². The molecule has 5 nitrogen and oxygen atoms in total. The molecule has 0 N–H and O–H groups in total. The zero-order chi connectivity index (χ0) is 28.2. The van der Waals surface area contributed by atoms with Crippen LogP contribution in [0.25, 0.3) is 16.7 Å². The quantitative estimate of drug-likeness (QED) is 0.109. The predicted molar refractivity (Wildman–Crippen MR) is 146 cm³/mol. The van der Waals surface area contributed by atoms with Crippen molar-refractivity contribution in [3.63, 3.8) is 0 Å². The molecule has 0 saturated carbocycles. The van der Waals surface area contributed by atoms with Crippen molar-refractivity contribution in [1.29, 1.82) is 5.26 Å². The fourth-order valence-electron chi connectivity index (χ4n) is 3.74. The highest BCUT2D eigenvalue weighted by Gasteiger charge is 2.11. The van der Waals surface area contributed by atoms with Crippen LogP contribution < -0.4 is 9.47 Å². The van der Waals surface area contributed by atoms with Crippen LogP contribution >= 0.6 is 0 Å². The van der Waals surface area contributed by atoms with Gasteiger partial charge in [-0.05, 0) is 85.9 Å². The van der Waals surface area contributed by atoms with Crippen LogP contribution in [0.15, 0.2) is 84.7 Å². The van der Waals surface area contributed by atoms with Gasteiger partial charge in [-0.1, -0.05) is 36.8 Å². The average molecular weight is 530 g/mol. The Balaban J connectivity index is 1.36. The summed E-state index contributed by atoms with van der Waals surface area (Å²) >= 11 is 0. The van der Waals surface area contributed by atoms with E-state index in [2.05, 4.69) is 6.07 Å². The number of rotatable bonds is 11. The van der Waals surface area contributed by atoms with E-state index < -0.39 is 11.8 Å². The SMILES string of the molecule is C/C(F)=C\C=C(/C)c1ccc(OC(=O)CCCCCC(=O)Oc2ccc(-c3ccc(C#N)cc3)cc2)cc1F. The standard InChI is InChI=1S/C32H29F2NO4/c1-22(8-9-23(2)33)29-19-18-28(20-30(29)34)39-32(37)7-5-3-4-6-31(36)38-27-16-14-26(15-17-27)25-12-10-24(21-35)11-13-25/h8-20H,3-7H2,1-2H3/b22-8+,23-9+. The zero-order valence-electron chi connectivity index (χ0n) is 21.9. The van der Waals surface area contributed by atoms with Crippen LogP contribution in [0.2, 0.25) is 0 Å². The first-order valence-corrected chi connectivity index (χ1v) is 12.6. The predicted octanol–water partition coefficient (Wildman–Crippen LogP) is 8.10. The van der Waals surface area contributed by atoms with E-state index in [-0.39, 0.29) is 30.4 Å². The third-order valence-electron chi connectivity index (χ3n) is 5.86. The van der Waals surface area contributed by atoms with E-state index in [1.807, 2.05) is 24.3 Å². The summed E-state index contributed by atoms with van der Waals surface area (Å²) in [4.78, 5) is 24.3. The Morgan fingerprint density at radius 1 is 0.795 bits per heavy atom. The van der Waals surface area contributed by atoms with E-state index in [0.29, 0.717) is 41.7 Å². The highest BCUT2D eigenvalue weighted by atomic mass is 19.1. The molecule has 0 spiro atoms. The fourth-order valence-corrected chi connectivity index (χ4v) is 3.74. The molecule has 0 aliphatic heterocycles. The highest BCUT2D eigenvalue weighted by molar-refractivity contribution is 5.74. The van der Waals surface area contributed by atoms with Gasteiger partial charge in [-0.25, -0.2) is 8.78 Å². The van der Waals surface area contributed by atoms with Gasteiger partial charge in [0.05, 0.1) is 17.5 Å². The number of allylic oxidation sites excluding steroid dienone is 4. The molecule has 0 aliphatic rings. The molecule has 7 heteroatoms. The number of nitriles is 1. The molecule has 0 aliphatic carbocycles. The summed E-state index contributed by atoms with van der Waals surface area (Å²) in [6.45, 7) is 2.96. The van der Waals surface area contributed by atoms with Crippen LogP contribution in [0, 0.1) is 17.1 Å². The summed E-state index contributed by atoms with van der Waals surface area (Å²) in [6, 6.07) is 20.5. The third-order valence-corrected chi connectivity index (χ3v) is 5.86. The monoisotopic (exact) mass is 529 g/mol. The smallest absolute Gasteiger partial charge is 0.311 e. The van der Waals surface area contributed by atoms with Gasteiger partial charge < -0.3 is 9.47 Å². The minimum absolute atomic E-state index is 0.0973. The summed E-state index contributed by atoms with van der Waals surface area (Å²) in [5, 5.41) is 8.90. The van der Waals surface area contributed by atoms with Crippen molar-refractivity contribution in [2.75, 3.05) is 0 Å². The molecular formula is C32H29F2NO4. The van der Waals surface area contributed by atoms with Gasteiger partial charge in [0.1, 0.15) is 17.3 Å². The number of unbranched alkanes of at least 4 members (excludes halogenated alkanes) is 2. The number of hydrogen-bond donors (Lipinski definition) is 0. The molecule has 200 valence electrons. The molecule has 39 heavy (non-hydrogen) atoms. The molecule has 0 unspecified atom stereocenters. The van der Waals surface area contributed by atoms with Crippen LogP contribution in [0.3, 0.4) is 0 Å².